The highest BCUT2D eigenvalue weighted by molar-refractivity contribution is 5.31. The molecule has 0 heterocycles. The quantitative estimate of drug-likeness (QED) is 0.521. The summed E-state index contributed by atoms with van der Waals surface area (Å²) in [4.78, 5) is 0. The van der Waals surface area contributed by atoms with Crippen LogP contribution in [-0.2, 0) is 10.8 Å². The highest BCUT2D eigenvalue weighted by atomic mass is 14.5. The van der Waals surface area contributed by atoms with E-state index in [4.69, 9.17) is 0 Å². The molecule has 1 saturated carbocycles. The van der Waals surface area contributed by atoms with E-state index in [9.17, 15) is 0 Å². The van der Waals surface area contributed by atoms with Crippen molar-refractivity contribution >= 4 is 0 Å². The summed E-state index contributed by atoms with van der Waals surface area (Å²) >= 11 is 0. The van der Waals surface area contributed by atoms with Crippen molar-refractivity contribution < 1.29 is 0 Å². The smallest absolute Gasteiger partial charge is 0.0103 e. The molecular weight excluding hydrogens is 300 g/mol. The van der Waals surface area contributed by atoms with Crippen molar-refractivity contribution in [3.05, 3.63) is 35.4 Å². The second-order valence-corrected chi connectivity index (χ2v) is 11.9. The minimum atomic E-state index is 0.236. The van der Waals surface area contributed by atoms with Crippen LogP contribution < -0.4 is 0 Å². The minimum Gasteiger partial charge on any atom is -0.0625 e. The van der Waals surface area contributed by atoms with Gasteiger partial charge in [0.15, 0.2) is 0 Å². The standard InChI is InChI=1S/C25H42/c1-19-16-23(5,6)18-25(9,17-19)15-14-24(7,8)21-12-10-20(11-13-21)22(2,3)4/h10-13,19H,14-18H2,1-9H3. The lowest BCUT2D eigenvalue weighted by Gasteiger charge is -2.47. The van der Waals surface area contributed by atoms with Crippen LogP contribution in [0, 0.1) is 16.7 Å². The summed E-state index contributed by atoms with van der Waals surface area (Å²) in [7, 11) is 0. The Balaban J connectivity index is 2.08. The zero-order valence-corrected chi connectivity index (χ0v) is 18.4. The summed E-state index contributed by atoms with van der Waals surface area (Å²) in [5, 5.41) is 0. The SMILES string of the molecule is CC1CC(C)(C)CC(C)(CCC(C)(C)c2ccc(C(C)(C)C)cc2)C1. The average molecular weight is 343 g/mol. The van der Waals surface area contributed by atoms with Gasteiger partial charge in [0, 0.05) is 0 Å². The molecule has 0 aromatic heterocycles. The summed E-state index contributed by atoms with van der Waals surface area (Å²) in [5.41, 5.74) is 4.42. The number of benzene rings is 1. The van der Waals surface area contributed by atoms with E-state index in [0.717, 1.165) is 5.92 Å². The normalized spacial score (nSPS) is 27.3. The maximum atomic E-state index is 2.54. The van der Waals surface area contributed by atoms with Crippen molar-refractivity contribution in [2.24, 2.45) is 16.7 Å². The molecule has 1 aromatic rings. The molecule has 0 N–H and O–H groups in total. The Morgan fingerprint density at radius 3 is 1.88 bits per heavy atom. The maximum Gasteiger partial charge on any atom is -0.0103 e. The molecule has 1 fully saturated rings. The average Bonchev–Trinajstić information content (AvgIpc) is 2.42. The Hall–Kier alpha value is -0.780. The van der Waals surface area contributed by atoms with Crippen LogP contribution in [0.15, 0.2) is 24.3 Å². The summed E-state index contributed by atoms with van der Waals surface area (Å²) in [6.45, 7) is 21.7. The third-order valence-electron chi connectivity index (χ3n) is 6.53. The Kier molecular flexibility index (Phi) is 5.54. The fourth-order valence-electron chi connectivity index (χ4n) is 5.53. The van der Waals surface area contributed by atoms with Gasteiger partial charge in [-0.1, -0.05) is 86.6 Å². The summed E-state index contributed by atoms with van der Waals surface area (Å²) in [6, 6.07) is 9.42. The van der Waals surface area contributed by atoms with Crippen LogP contribution in [0.4, 0.5) is 0 Å². The van der Waals surface area contributed by atoms with Crippen molar-refractivity contribution in [3.63, 3.8) is 0 Å². The van der Waals surface area contributed by atoms with Gasteiger partial charge in [0.1, 0.15) is 0 Å². The number of hydrogen-bond acceptors (Lipinski definition) is 0. The van der Waals surface area contributed by atoms with Crippen LogP contribution in [0.2, 0.25) is 0 Å². The van der Waals surface area contributed by atoms with Gasteiger partial charge in [0.05, 0.1) is 0 Å². The molecule has 2 atom stereocenters. The van der Waals surface area contributed by atoms with Crippen molar-refractivity contribution in [1.82, 2.24) is 0 Å². The van der Waals surface area contributed by atoms with Gasteiger partial charge in [-0.15, -0.1) is 0 Å². The van der Waals surface area contributed by atoms with E-state index in [1.807, 2.05) is 0 Å². The van der Waals surface area contributed by atoms with E-state index in [1.165, 1.54) is 43.2 Å². The second kappa shape index (κ2) is 6.75. The van der Waals surface area contributed by atoms with E-state index in [2.05, 4.69) is 86.6 Å². The lowest BCUT2D eigenvalue weighted by Crippen LogP contribution is -2.36. The summed E-state index contributed by atoms with van der Waals surface area (Å²) in [5.74, 6) is 0.864. The van der Waals surface area contributed by atoms with Gasteiger partial charge < -0.3 is 0 Å². The Bertz CT molecular complexity index is 567. The molecule has 142 valence electrons. The Morgan fingerprint density at radius 1 is 0.880 bits per heavy atom. The van der Waals surface area contributed by atoms with Gasteiger partial charge in [0.25, 0.3) is 0 Å². The predicted molar refractivity (Wildman–Crippen MR) is 112 cm³/mol. The third-order valence-corrected chi connectivity index (χ3v) is 6.53. The molecule has 0 saturated heterocycles. The van der Waals surface area contributed by atoms with Gasteiger partial charge in [-0.25, -0.2) is 0 Å². The van der Waals surface area contributed by atoms with Gasteiger partial charge >= 0.3 is 0 Å². The van der Waals surface area contributed by atoms with E-state index < -0.39 is 0 Å². The summed E-state index contributed by atoms with van der Waals surface area (Å²) < 4.78 is 0. The van der Waals surface area contributed by atoms with Crippen LogP contribution in [0.1, 0.15) is 106 Å². The highest BCUT2D eigenvalue weighted by Crippen LogP contribution is 2.51. The van der Waals surface area contributed by atoms with Crippen LogP contribution in [-0.4, -0.2) is 0 Å². The first-order chi connectivity index (χ1) is 11.2. The molecule has 0 radical (unpaired) electrons. The Morgan fingerprint density at radius 2 is 1.40 bits per heavy atom. The van der Waals surface area contributed by atoms with E-state index in [0.29, 0.717) is 10.8 Å². The fraction of sp³-hybridized carbons (Fsp3) is 0.760. The molecule has 25 heavy (non-hydrogen) atoms. The number of rotatable bonds is 4. The zero-order chi connectivity index (χ0) is 19.1. The molecular formula is C25H42. The molecule has 2 rings (SSSR count). The molecule has 0 spiro atoms. The molecule has 0 heteroatoms. The van der Waals surface area contributed by atoms with Crippen molar-refractivity contribution in [2.45, 2.75) is 105 Å². The first kappa shape index (κ1) is 20.5. The van der Waals surface area contributed by atoms with Crippen molar-refractivity contribution in [2.75, 3.05) is 0 Å². The molecule has 2 unspecified atom stereocenters. The van der Waals surface area contributed by atoms with Crippen LogP contribution >= 0.6 is 0 Å². The molecule has 1 aliphatic carbocycles. The van der Waals surface area contributed by atoms with E-state index in [1.54, 1.807) is 0 Å². The second-order valence-electron chi connectivity index (χ2n) is 11.9. The lowest BCUT2D eigenvalue weighted by atomic mass is 9.58. The molecule has 0 aliphatic heterocycles. The molecule has 1 aromatic carbocycles. The van der Waals surface area contributed by atoms with Gasteiger partial charge in [-0.3, -0.25) is 0 Å². The number of hydrogen-bond donors (Lipinski definition) is 0. The zero-order valence-electron chi connectivity index (χ0n) is 18.4. The third kappa shape index (κ3) is 5.35. The van der Waals surface area contributed by atoms with E-state index >= 15 is 0 Å². The predicted octanol–water partition coefficient (Wildman–Crippen LogP) is 7.89. The first-order valence-electron chi connectivity index (χ1n) is 10.3. The largest absolute Gasteiger partial charge is 0.0625 e. The minimum absolute atomic E-state index is 0.236. The van der Waals surface area contributed by atoms with E-state index in [-0.39, 0.29) is 10.8 Å². The molecule has 1 aliphatic rings. The lowest BCUT2D eigenvalue weighted by molar-refractivity contribution is 0.0485. The highest BCUT2D eigenvalue weighted by Gasteiger charge is 2.40. The summed E-state index contributed by atoms with van der Waals surface area (Å²) in [6.07, 6.45) is 6.79. The van der Waals surface area contributed by atoms with Crippen LogP contribution in [0.5, 0.6) is 0 Å². The van der Waals surface area contributed by atoms with Gasteiger partial charge in [-0.2, -0.15) is 0 Å². The maximum absolute atomic E-state index is 2.54. The van der Waals surface area contributed by atoms with Crippen LogP contribution in [0.25, 0.3) is 0 Å². The molecule has 0 bridgehead atoms. The molecule has 0 nitrogen and oxygen atoms in total. The first-order valence-corrected chi connectivity index (χ1v) is 10.3. The molecule has 0 amide bonds. The van der Waals surface area contributed by atoms with Crippen LogP contribution in [0.3, 0.4) is 0 Å². The van der Waals surface area contributed by atoms with Crippen molar-refractivity contribution in [1.29, 1.82) is 0 Å². The van der Waals surface area contributed by atoms with Crippen molar-refractivity contribution in [3.8, 4) is 0 Å². The van der Waals surface area contributed by atoms with Gasteiger partial charge in [0.2, 0.25) is 0 Å². The topological polar surface area (TPSA) is 0 Å². The monoisotopic (exact) mass is 342 g/mol. The fourth-order valence-corrected chi connectivity index (χ4v) is 5.53. The van der Waals surface area contributed by atoms with Gasteiger partial charge in [-0.05, 0) is 70.8 Å². The Labute approximate surface area is 157 Å².